The third-order valence-corrected chi connectivity index (χ3v) is 7.16. The molecule has 3 heterocycles. The van der Waals surface area contributed by atoms with Crippen molar-refractivity contribution in [2.24, 2.45) is 0 Å². The fourth-order valence-corrected chi connectivity index (χ4v) is 4.86. The van der Waals surface area contributed by atoms with E-state index < -0.39 is 17.8 Å². The first-order valence-corrected chi connectivity index (χ1v) is 13.5. The molecule has 2 aliphatic heterocycles. The lowest BCUT2D eigenvalue weighted by Crippen LogP contribution is -2.52. The minimum absolute atomic E-state index is 0.0321. The zero-order valence-corrected chi connectivity index (χ0v) is 22.8. The molecule has 2 aromatic carbocycles. The summed E-state index contributed by atoms with van der Waals surface area (Å²) in [4.78, 5) is 48.7. The predicted octanol–water partition coefficient (Wildman–Crippen LogP) is 3.52. The number of nitrogens with one attached hydrogen (secondary N) is 2. The van der Waals surface area contributed by atoms with Crippen molar-refractivity contribution < 1.29 is 28.2 Å². The van der Waals surface area contributed by atoms with Gasteiger partial charge in [0, 0.05) is 62.7 Å². The number of hydrogen-bond donors (Lipinski definition) is 2. The summed E-state index contributed by atoms with van der Waals surface area (Å²) in [5, 5.41) is 6.44. The van der Waals surface area contributed by atoms with E-state index in [1.54, 1.807) is 17.0 Å². The molecular weight excluding hydrogens is 555 g/mol. The Morgan fingerprint density at radius 2 is 2.00 bits per heavy atom. The maximum atomic E-state index is 13.6. The molecule has 1 atom stereocenters. The molecule has 2 N–H and O–H groups in total. The molecule has 0 bridgehead atoms. The van der Waals surface area contributed by atoms with Crippen LogP contribution < -0.4 is 15.4 Å². The minimum atomic E-state index is -0.664. The van der Waals surface area contributed by atoms with Gasteiger partial charge in [-0.3, -0.25) is 19.3 Å². The third-order valence-electron chi connectivity index (χ3n) is 6.87. The summed E-state index contributed by atoms with van der Waals surface area (Å²) >= 11 is 5.92. The molecule has 0 radical (unpaired) electrons. The normalized spacial score (nSPS) is 17.3. The number of esters is 1. The summed E-state index contributed by atoms with van der Waals surface area (Å²) in [6, 6.07) is 7.63. The highest BCUT2D eigenvalue weighted by molar-refractivity contribution is 6.31. The molecule has 2 fully saturated rings. The Hall–Kier alpha value is -4.29. The van der Waals surface area contributed by atoms with Crippen LogP contribution in [0.5, 0.6) is 5.75 Å². The van der Waals surface area contributed by atoms with Gasteiger partial charge in [0.05, 0.1) is 16.2 Å². The molecule has 13 heteroatoms. The van der Waals surface area contributed by atoms with Gasteiger partial charge in [0.25, 0.3) is 5.91 Å². The van der Waals surface area contributed by atoms with E-state index in [1.165, 1.54) is 24.5 Å². The van der Waals surface area contributed by atoms with Crippen molar-refractivity contribution in [3.8, 4) is 5.75 Å². The topological polar surface area (TPSA) is 126 Å². The van der Waals surface area contributed by atoms with Crippen LogP contribution in [-0.4, -0.2) is 83.0 Å². The number of carbonyl (C=O) groups excluding carboxylic acids is 3. The first-order valence-electron chi connectivity index (χ1n) is 13.1. The van der Waals surface area contributed by atoms with E-state index in [2.05, 4.69) is 32.1 Å². The highest BCUT2D eigenvalue weighted by atomic mass is 35.5. The van der Waals surface area contributed by atoms with Gasteiger partial charge in [0.1, 0.15) is 30.3 Å². The fraction of sp³-hybridized carbons (Fsp3) is 0.321. The molecular formula is C28H28ClFN6O5. The molecule has 0 aliphatic carbocycles. The molecule has 41 heavy (non-hydrogen) atoms. The molecule has 0 saturated carbocycles. The number of aromatic nitrogens is 2. The summed E-state index contributed by atoms with van der Waals surface area (Å²) in [6.45, 7) is 6.82. The van der Waals surface area contributed by atoms with Crippen molar-refractivity contribution >= 4 is 57.5 Å². The number of rotatable bonds is 9. The van der Waals surface area contributed by atoms with Crippen molar-refractivity contribution in [2.75, 3.05) is 50.0 Å². The molecule has 214 valence electrons. The van der Waals surface area contributed by atoms with Crippen LogP contribution in [0.4, 0.5) is 21.6 Å². The Labute approximate surface area is 240 Å². The van der Waals surface area contributed by atoms with E-state index in [9.17, 15) is 18.8 Å². The second-order valence-corrected chi connectivity index (χ2v) is 9.97. The van der Waals surface area contributed by atoms with Gasteiger partial charge in [-0.05, 0) is 30.3 Å². The predicted molar refractivity (Wildman–Crippen MR) is 151 cm³/mol. The SMILES string of the molecule is C=CC(=O)Nc1cc2c(Nc3ccc(F)c(Cl)c3)ncnc2cc1OCCN1CCN(C(=O)[C@@H]2CCC(=O)O2)CC1. The Morgan fingerprint density at radius 3 is 2.71 bits per heavy atom. The van der Waals surface area contributed by atoms with E-state index in [0.717, 1.165) is 6.08 Å². The van der Waals surface area contributed by atoms with Gasteiger partial charge in [-0.25, -0.2) is 14.4 Å². The standard InChI is InChI=1S/C28H28ClFN6O5/c1-2-25(37)34-22-14-18-21(31-16-32-27(18)33-17-3-4-20(30)19(29)13-17)15-24(22)40-12-11-35-7-9-36(10-8-35)28(39)23-5-6-26(38)41-23/h2-4,13-16,23H,1,5-12H2,(H,34,37)(H,31,32,33)/t23-/m0/s1. The Balaban J connectivity index is 1.25. The zero-order valence-electron chi connectivity index (χ0n) is 22.1. The smallest absolute Gasteiger partial charge is 0.306 e. The van der Waals surface area contributed by atoms with Gasteiger partial charge in [-0.1, -0.05) is 18.2 Å². The van der Waals surface area contributed by atoms with Crippen LogP contribution in [0, 0.1) is 5.82 Å². The monoisotopic (exact) mass is 582 g/mol. The van der Waals surface area contributed by atoms with Gasteiger partial charge in [-0.15, -0.1) is 0 Å². The van der Waals surface area contributed by atoms with Gasteiger partial charge in [0.2, 0.25) is 5.91 Å². The number of carbonyl (C=O) groups is 3. The first-order chi connectivity index (χ1) is 19.8. The summed E-state index contributed by atoms with van der Waals surface area (Å²) in [5.41, 5.74) is 1.49. The van der Waals surface area contributed by atoms with Crippen LogP contribution in [0.3, 0.4) is 0 Å². The van der Waals surface area contributed by atoms with E-state index in [1.807, 2.05) is 0 Å². The minimum Gasteiger partial charge on any atom is -0.490 e. The number of halogens is 2. The highest BCUT2D eigenvalue weighted by Gasteiger charge is 2.34. The van der Waals surface area contributed by atoms with Crippen molar-refractivity contribution in [1.82, 2.24) is 19.8 Å². The third kappa shape index (κ3) is 6.72. The lowest BCUT2D eigenvalue weighted by atomic mass is 10.1. The van der Waals surface area contributed by atoms with E-state index in [4.69, 9.17) is 21.1 Å². The molecule has 0 spiro atoms. The maximum Gasteiger partial charge on any atom is 0.306 e. The second kappa shape index (κ2) is 12.5. The quantitative estimate of drug-likeness (QED) is 0.288. The molecule has 5 rings (SSSR count). The number of anilines is 3. The van der Waals surface area contributed by atoms with Gasteiger partial charge >= 0.3 is 5.97 Å². The number of nitrogens with zero attached hydrogens (tertiary/aromatic N) is 4. The lowest BCUT2D eigenvalue weighted by molar-refractivity contribution is -0.153. The van der Waals surface area contributed by atoms with E-state index >= 15 is 0 Å². The number of fused-ring (bicyclic) bond motifs is 1. The molecule has 2 saturated heterocycles. The first kappa shape index (κ1) is 28.2. The summed E-state index contributed by atoms with van der Waals surface area (Å²) in [7, 11) is 0. The number of ether oxygens (including phenoxy) is 2. The maximum absolute atomic E-state index is 13.6. The molecule has 11 nitrogen and oxygen atoms in total. The van der Waals surface area contributed by atoms with Crippen molar-refractivity contribution in [2.45, 2.75) is 18.9 Å². The van der Waals surface area contributed by atoms with E-state index in [0.29, 0.717) is 79.6 Å². The fourth-order valence-electron chi connectivity index (χ4n) is 4.67. The highest BCUT2D eigenvalue weighted by Crippen LogP contribution is 2.34. The van der Waals surface area contributed by atoms with Crippen LogP contribution in [0.1, 0.15) is 12.8 Å². The number of benzene rings is 2. The zero-order chi connectivity index (χ0) is 28.9. The lowest BCUT2D eigenvalue weighted by Gasteiger charge is -2.35. The molecule has 3 aromatic rings. The number of amides is 2. The molecule has 2 amide bonds. The average molecular weight is 583 g/mol. The van der Waals surface area contributed by atoms with Crippen LogP contribution in [0.2, 0.25) is 5.02 Å². The average Bonchev–Trinajstić information content (AvgIpc) is 3.41. The van der Waals surface area contributed by atoms with Crippen molar-refractivity contribution in [1.29, 1.82) is 0 Å². The number of cyclic esters (lactones) is 1. The summed E-state index contributed by atoms with van der Waals surface area (Å²) < 4.78 is 24.8. The summed E-state index contributed by atoms with van der Waals surface area (Å²) in [5.74, 6) is -0.568. The van der Waals surface area contributed by atoms with Crippen molar-refractivity contribution in [3.63, 3.8) is 0 Å². The molecule has 1 aromatic heterocycles. The largest absolute Gasteiger partial charge is 0.490 e. The Kier molecular flexibility index (Phi) is 8.60. The Bertz CT molecular complexity index is 1500. The van der Waals surface area contributed by atoms with Gasteiger partial charge in [-0.2, -0.15) is 0 Å². The second-order valence-electron chi connectivity index (χ2n) is 9.57. The van der Waals surface area contributed by atoms with Gasteiger partial charge < -0.3 is 25.0 Å². The van der Waals surface area contributed by atoms with E-state index in [-0.39, 0.29) is 23.3 Å². The van der Waals surface area contributed by atoms with Crippen LogP contribution in [-0.2, 0) is 19.1 Å². The van der Waals surface area contributed by atoms with Crippen molar-refractivity contribution in [3.05, 3.63) is 60.2 Å². The van der Waals surface area contributed by atoms with Crippen LogP contribution >= 0.6 is 11.6 Å². The number of piperazine rings is 1. The number of hydrogen-bond acceptors (Lipinski definition) is 9. The molecule has 2 aliphatic rings. The Morgan fingerprint density at radius 1 is 1.20 bits per heavy atom. The molecule has 0 unspecified atom stereocenters. The van der Waals surface area contributed by atoms with Crippen LogP contribution in [0.15, 0.2) is 49.3 Å². The van der Waals surface area contributed by atoms with Crippen LogP contribution in [0.25, 0.3) is 10.9 Å². The van der Waals surface area contributed by atoms with Gasteiger partial charge in [0.15, 0.2) is 6.10 Å². The summed E-state index contributed by atoms with van der Waals surface area (Å²) in [6.07, 6.45) is 2.59.